The van der Waals surface area contributed by atoms with Crippen LogP contribution in [0.2, 0.25) is 0 Å². The van der Waals surface area contributed by atoms with Gasteiger partial charge in [0.25, 0.3) is 0 Å². The molecule has 0 bridgehead atoms. The van der Waals surface area contributed by atoms with Crippen molar-refractivity contribution in [3.8, 4) is 17.2 Å². The van der Waals surface area contributed by atoms with Crippen LogP contribution in [0.1, 0.15) is 11.3 Å². The van der Waals surface area contributed by atoms with E-state index in [4.69, 9.17) is 9.47 Å². The minimum absolute atomic E-state index is 0.00849. The van der Waals surface area contributed by atoms with Crippen LogP contribution < -0.4 is 14.9 Å². The molecule has 0 aliphatic rings. The van der Waals surface area contributed by atoms with E-state index in [2.05, 4.69) is 15.5 Å². The molecule has 1 aromatic carbocycles. The highest BCUT2D eigenvalue weighted by atomic mass is 32.1. The minimum atomic E-state index is 0.00849. The maximum Gasteiger partial charge on any atom is 0.203 e. The molecule has 6 nitrogen and oxygen atoms in total. The molecule has 1 aromatic heterocycles. The molecule has 0 spiro atoms. The lowest BCUT2D eigenvalue weighted by molar-refractivity contribution is 0.364. The van der Waals surface area contributed by atoms with E-state index in [1.807, 2.05) is 12.3 Å². The molecule has 7 heteroatoms. The number of hydrazone groups is 1. The van der Waals surface area contributed by atoms with E-state index in [1.165, 1.54) is 24.7 Å². The molecule has 20 heavy (non-hydrogen) atoms. The van der Waals surface area contributed by atoms with Crippen LogP contribution in [0.25, 0.3) is 0 Å². The Labute approximate surface area is 120 Å². The molecule has 0 atom stereocenters. The quantitative estimate of drug-likeness (QED) is 0.654. The molecule has 0 fully saturated rings. The number of nitrogens with one attached hydrogen (secondary N) is 1. The van der Waals surface area contributed by atoms with Gasteiger partial charge in [-0.05, 0) is 13.0 Å². The zero-order chi connectivity index (χ0) is 14.5. The number of aromatic nitrogens is 1. The highest BCUT2D eigenvalue weighted by Gasteiger charge is 2.09. The van der Waals surface area contributed by atoms with E-state index in [0.29, 0.717) is 22.2 Å². The summed E-state index contributed by atoms with van der Waals surface area (Å²) in [5, 5.41) is 16.6. The third-order valence-electron chi connectivity index (χ3n) is 2.52. The summed E-state index contributed by atoms with van der Waals surface area (Å²) < 4.78 is 10.2. The first-order chi connectivity index (χ1) is 9.63. The number of benzene rings is 1. The van der Waals surface area contributed by atoms with E-state index >= 15 is 0 Å². The molecular formula is C13H15N3O3S. The Bertz CT molecular complexity index is 625. The standard InChI is InChI=1S/C13H15N3O3S/c1-8-7-20-13(15-8)16-14-6-9-4-10(18-2)5-11(19-3)12(9)17/h4-7,17H,1-3H3,(H,15,16). The number of methoxy groups -OCH3 is 2. The number of anilines is 1. The monoisotopic (exact) mass is 293 g/mol. The number of aryl methyl sites for hydroxylation is 1. The fraction of sp³-hybridized carbons (Fsp3) is 0.231. The van der Waals surface area contributed by atoms with Gasteiger partial charge >= 0.3 is 0 Å². The van der Waals surface area contributed by atoms with E-state index in [9.17, 15) is 5.11 Å². The van der Waals surface area contributed by atoms with E-state index in [-0.39, 0.29) is 5.75 Å². The Morgan fingerprint density at radius 2 is 2.15 bits per heavy atom. The van der Waals surface area contributed by atoms with Gasteiger partial charge in [-0.15, -0.1) is 11.3 Å². The zero-order valence-corrected chi connectivity index (χ0v) is 12.2. The molecule has 0 amide bonds. The predicted octanol–water partition coefficient (Wildman–Crippen LogP) is 2.62. The molecule has 0 saturated heterocycles. The highest BCUT2D eigenvalue weighted by molar-refractivity contribution is 7.13. The smallest absolute Gasteiger partial charge is 0.203 e. The van der Waals surface area contributed by atoms with Crippen molar-refractivity contribution in [3.05, 3.63) is 28.8 Å². The van der Waals surface area contributed by atoms with E-state index in [0.717, 1.165) is 5.69 Å². The molecule has 2 N–H and O–H groups in total. The summed E-state index contributed by atoms with van der Waals surface area (Å²) in [6, 6.07) is 3.26. The lowest BCUT2D eigenvalue weighted by Gasteiger charge is -2.08. The molecule has 106 valence electrons. The van der Waals surface area contributed by atoms with Crippen molar-refractivity contribution in [1.29, 1.82) is 0 Å². The number of phenols is 1. The van der Waals surface area contributed by atoms with Crippen LogP contribution in [0.3, 0.4) is 0 Å². The van der Waals surface area contributed by atoms with Gasteiger partial charge in [0.2, 0.25) is 5.13 Å². The van der Waals surface area contributed by atoms with Crippen LogP contribution in [-0.4, -0.2) is 30.5 Å². The lowest BCUT2D eigenvalue weighted by atomic mass is 10.2. The van der Waals surface area contributed by atoms with Gasteiger partial charge in [0.05, 0.1) is 26.1 Å². The Kier molecular flexibility index (Phi) is 4.41. The first-order valence-corrected chi connectivity index (χ1v) is 6.68. The van der Waals surface area contributed by atoms with Crippen LogP contribution in [0.4, 0.5) is 5.13 Å². The van der Waals surface area contributed by atoms with E-state index in [1.54, 1.807) is 19.2 Å². The molecule has 0 aliphatic heterocycles. The number of rotatable bonds is 5. The first-order valence-electron chi connectivity index (χ1n) is 5.80. The maximum atomic E-state index is 10.00. The molecule has 0 aliphatic carbocycles. The van der Waals surface area contributed by atoms with Crippen molar-refractivity contribution >= 4 is 22.7 Å². The maximum absolute atomic E-state index is 10.00. The van der Waals surface area contributed by atoms with Gasteiger partial charge < -0.3 is 14.6 Å². The summed E-state index contributed by atoms with van der Waals surface area (Å²) in [6.07, 6.45) is 1.48. The normalized spacial score (nSPS) is 10.8. The van der Waals surface area contributed by atoms with E-state index < -0.39 is 0 Å². The molecular weight excluding hydrogens is 278 g/mol. The van der Waals surface area contributed by atoms with Crippen molar-refractivity contribution in [3.63, 3.8) is 0 Å². The minimum Gasteiger partial charge on any atom is -0.504 e. The van der Waals surface area contributed by atoms with Gasteiger partial charge in [0.1, 0.15) is 5.75 Å². The lowest BCUT2D eigenvalue weighted by Crippen LogP contribution is -1.94. The number of nitrogens with zero attached hydrogens (tertiary/aromatic N) is 2. The van der Waals surface area contributed by atoms with Crippen molar-refractivity contribution in [1.82, 2.24) is 4.98 Å². The average Bonchev–Trinajstić information content (AvgIpc) is 2.86. The van der Waals surface area contributed by atoms with Gasteiger partial charge in [-0.1, -0.05) is 0 Å². The molecule has 1 heterocycles. The highest BCUT2D eigenvalue weighted by Crippen LogP contribution is 2.33. The van der Waals surface area contributed by atoms with Crippen molar-refractivity contribution in [2.45, 2.75) is 6.92 Å². The van der Waals surface area contributed by atoms with Crippen molar-refractivity contribution < 1.29 is 14.6 Å². The largest absolute Gasteiger partial charge is 0.504 e. The Morgan fingerprint density at radius 3 is 2.75 bits per heavy atom. The topological polar surface area (TPSA) is 76.0 Å². The van der Waals surface area contributed by atoms with Crippen LogP contribution in [0.15, 0.2) is 22.6 Å². The number of thiazole rings is 1. The SMILES string of the molecule is COc1cc(C=NNc2nc(C)cs2)c(O)c(OC)c1. The Morgan fingerprint density at radius 1 is 1.35 bits per heavy atom. The Balaban J connectivity index is 2.19. The number of hydrogen-bond donors (Lipinski definition) is 2. The van der Waals surface area contributed by atoms with Gasteiger partial charge in [0, 0.05) is 17.0 Å². The molecule has 0 saturated carbocycles. The van der Waals surface area contributed by atoms with Crippen molar-refractivity contribution in [2.75, 3.05) is 19.6 Å². The van der Waals surface area contributed by atoms with Crippen LogP contribution in [0, 0.1) is 6.92 Å². The summed E-state index contributed by atoms with van der Waals surface area (Å²) in [7, 11) is 3.02. The second-order valence-electron chi connectivity index (χ2n) is 3.93. The summed E-state index contributed by atoms with van der Waals surface area (Å²) in [6.45, 7) is 1.91. The summed E-state index contributed by atoms with van der Waals surface area (Å²) >= 11 is 1.46. The molecule has 0 radical (unpaired) electrons. The first kappa shape index (κ1) is 14.1. The fourth-order valence-electron chi connectivity index (χ4n) is 1.54. The summed E-state index contributed by atoms with van der Waals surface area (Å²) in [5.74, 6) is 0.913. The number of ether oxygens (including phenoxy) is 2. The van der Waals surface area contributed by atoms with Crippen LogP contribution >= 0.6 is 11.3 Å². The van der Waals surface area contributed by atoms with Gasteiger partial charge in [-0.2, -0.15) is 5.10 Å². The second-order valence-corrected chi connectivity index (χ2v) is 4.79. The molecule has 2 aromatic rings. The predicted molar refractivity (Wildman–Crippen MR) is 79.3 cm³/mol. The summed E-state index contributed by atoms with van der Waals surface area (Å²) in [5.41, 5.74) is 4.22. The summed E-state index contributed by atoms with van der Waals surface area (Å²) in [4.78, 5) is 4.21. The third-order valence-corrected chi connectivity index (χ3v) is 3.38. The average molecular weight is 293 g/mol. The zero-order valence-electron chi connectivity index (χ0n) is 11.4. The third kappa shape index (κ3) is 3.18. The van der Waals surface area contributed by atoms with Crippen molar-refractivity contribution in [2.24, 2.45) is 5.10 Å². The fourth-order valence-corrected chi connectivity index (χ4v) is 2.17. The van der Waals surface area contributed by atoms with Crippen LogP contribution in [-0.2, 0) is 0 Å². The Hall–Kier alpha value is -2.28. The van der Waals surface area contributed by atoms with Gasteiger partial charge in [-0.25, -0.2) is 4.98 Å². The molecule has 0 unspecified atom stereocenters. The second kappa shape index (κ2) is 6.25. The van der Waals surface area contributed by atoms with Crippen LogP contribution in [0.5, 0.6) is 17.2 Å². The van der Waals surface area contributed by atoms with Gasteiger partial charge in [0.15, 0.2) is 11.5 Å². The molecule has 2 rings (SSSR count). The number of hydrogen-bond acceptors (Lipinski definition) is 7. The number of phenolic OH excluding ortho intramolecular Hbond substituents is 1. The van der Waals surface area contributed by atoms with Gasteiger partial charge in [-0.3, -0.25) is 5.43 Å². The number of aromatic hydroxyl groups is 1.